The first-order chi connectivity index (χ1) is 8.25. The predicted molar refractivity (Wildman–Crippen MR) is 73.3 cm³/mol. The van der Waals surface area contributed by atoms with E-state index in [4.69, 9.17) is 17.3 Å². The molecule has 0 aromatic heterocycles. The number of nitrogens with zero attached hydrogens (tertiary/aromatic N) is 1. The molecule has 1 fully saturated rings. The van der Waals surface area contributed by atoms with Gasteiger partial charge in [0.25, 0.3) is 0 Å². The highest BCUT2D eigenvalue weighted by Gasteiger charge is 2.12. The quantitative estimate of drug-likeness (QED) is 0.892. The molecule has 1 aromatic rings. The van der Waals surface area contributed by atoms with Crippen LogP contribution in [0.4, 0.5) is 0 Å². The Labute approximate surface area is 109 Å². The smallest absolute Gasteiger partial charge is 0.0409 e. The summed E-state index contributed by atoms with van der Waals surface area (Å²) in [6, 6.07) is 8.01. The molecule has 1 heterocycles. The summed E-state index contributed by atoms with van der Waals surface area (Å²) in [7, 11) is 0. The predicted octanol–water partition coefficient (Wildman–Crippen LogP) is 3.22. The fraction of sp³-hybridized carbons (Fsp3) is 0.571. The van der Waals surface area contributed by atoms with Crippen LogP contribution < -0.4 is 5.73 Å². The van der Waals surface area contributed by atoms with Crippen molar-refractivity contribution in [1.29, 1.82) is 0 Å². The summed E-state index contributed by atoms with van der Waals surface area (Å²) >= 11 is 5.97. The lowest BCUT2D eigenvalue weighted by Gasteiger charge is -2.27. The molecule has 0 amide bonds. The van der Waals surface area contributed by atoms with Gasteiger partial charge >= 0.3 is 0 Å². The summed E-state index contributed by atoms with van der Waals surface area (Å²) in [6.07, 6.45) is 5.08. The van der Waals surface area contributed by atoms with Crippen molar-refractivity contribution in [2.45, 2.75) is 31.7 Å². The van der Waals surface area contributed by atoms with Gasteiger partial charge in [0, 0.05) is 11.1 Å². The first kappa shape index (κ1) is 12.9. The fourth-order valence-corrected chi connectivity index (χ4v) is 2.61. The highest BCUT2D eigenvalue weighted by atomic mass is 35.5. The van der Waals surface area contributed by atoms with Gasteiger partial charge in [-0.1, -0.05) is 30.2 Å². The lowest BCUT2D eigenvalue weighted by Crippen LogP contribution is -2.32. The van der Waals surface area contributed by atoms with E-state index in [-0.39, 0.29) is 6.04 Å². The minimum Gasteiger partial charge on any atom is -0.324 e. The van der Waals surface area contributed by atoms with Crippen LogP contribution in [-0.4, -0.2) is 24.5 Å². The van der Waals surface area contributed by atoms with E-state index >= 15 is 0 Å². The summed E-state index contributed by atoms with van der Waals surface area (Å²) in [5.74, 6) is 0. The molecule has 0 saturated carbocycles. The molecule has 3 heteroatoms. The molecule has 2 nitrogen and oxygen atoms in total. The van der Waals surface area contributed by atoms with Gasteiger partial charge in [0.1, 0.15) is 0 Å². The van der Waals surface area contributed by atoms with Gasteiger partial charge in [-0.3, -0.25) is 0 Å². The normalized spacial score (nSPS) is 19.2. The molecular formula is C14H21ClN2. The van der Waals surface area contributed by atoms with Gasteiger partial charge in [-0.2, -0.15) is 0 Å². The maximum Gasteiger partial charge on any atom is 0.0409 e. The number of likely N-dealkylation sites (tertiary alicyclic amines) is 1. The Hall–Kier alpha value is -0.570. The third-order valence-corrected chi connectivity index (χ3v) is 3.72. The minimum atomic E-state index is 0.107. The molecule has 94 valence electrons. The van der Waals surface area contributed by atoms with E-state index in [0.29, 0.717) is 0 Å². The Morgan fingerprint density at radius 2 is 2.00 bits per heavy atom. The molecular weight excluding hydrogens is 232 g/mol. The molecule has 0 spiro atoms. The summed E-state index contributed by atoms with van der Waals surface area (Å²) in [4.78, 5) is 2.52. The number of halogens is 1. The van der Waals surface area contributed by atoms with Crippen molar-refractivity contribution < 1.29 is 0 Å². The average molecular weight is 253 g/mol. The van der Waals surface area contributed by atoms with Gasteiger partial charge in [0.05, 0.1) is 0 Å². The molecule has 1 saturated heterocycles. The molecule has 0 aliphatic carbocycles. The number of benzene rings is 1. The van der Waals surface area contributed by atoms with Gasteiger partial charge in [0.2, 0.25) is 0 Å². The van der Waals surface area contributed by atoms with E-state index in [2.05, 4.69) is 11.0 Å². The van der Waals surface area contributed by atoms with Gasteiger partial charge in [0.15, 0.2) is 0 Å². The average Bonchev–Trinajstić information content (AvgIpc) is 2.37. The molecule has 0 bridgehead atoms. The van der Waals surface area contributed by atoms with Crippen LogP contribution in [0.25, 0.3) is 0 Å². The Morgan fingerprint density at radius 3 is 2.71 bits per heavy atom. The number of nitrogens with two attached hydrogens (primary N) is 1. The van der Waals surface area contributed by atoms with E-state index in [0.717, 1.165) is 23.6 Å². The number of hydrogen-bond acceptors (Lipinski definition) is 2. The van der Waals surface area contributed by atoms with Crippen LogP contribution in [0.1, 0.15) is 37.3 Å². The number of piperidine rings is 1. The van der Waals surface area contributed by atoms with Crippen LogP contribution in [-0.2, 0) is 0 Å². The highest BCUT2D eigenvalue weighted by Crippen LogP contribution is 2.19. The molecule has 1 aliphatic rings. The van der Waals surface area contributed by atoms with E-state index in [1.165, 1.54) is 32.4 Å². The van der Waals surface area contributed by atoms with Crippen LogP contribution in [0, 0.1) is 0 Å². The van der Waals surface area contributed by atoms with Crippen molar-refractivity contribution in [1.82, 2.24) is 4.90 Å². The second-order valence-corrected chi connectivity index (χ2v) is 5.29. The third kappa shape index (κ3) is 3.98. The largest absolute Gasteiger partial charge is 0.324 e. The number of rotatable bonds is 4. The lowest BCUT2D eigenvalue weighted by molar-refractivity contribution is 0.221. The van der Waals surface area contributed by atoms with Crippen molar-refractivity contribution in [2.75, 3.05) is 19.6 Å². The van der Waals surface area contributed by atoms with E-state index < -0.39 is 0 Å². The summed E-state index contributed by atoms with van der Waals surface area (Å²) < 4.78 is 0. The molecule has 1 unspecified atom stereocenters. The SMILES string of the molecule is NC(CCN1CCCCC1)c1cccc(Cl)c1. The minimum absolute atomic E-state index is 0.107. The van der Waals surface area contributed by atoms with E-state index in [1.54, 1.807) is 0 Å². The van der Waals surface area contributed by atoms with Crippen molar-refractivity contribution in [3.63, 3.8) is 0 Å². The third-order valence-electron chi connectivity index (χ3n) is 3.48. The zero-order chi connectivity index (χ0) is 12.1. The summed E-state index contributed by atoms with van der Waals surface area (Å²) in [5.41, 5.74) is 7.34. The molecule has 17 heavy (non-hydrogen) atoms. The summed E-state index contributed by atoms with van der Waals surface area (Å²) in [5, 5.41) is 0.774. The first-order valence-corrected chi connectivity index (χ1v) is 6.87. The second kappa shape index (κ2) is 6.39. The van der Waals surface area contributed by atoms with Crippen LogP contribution in [0.15, 0.2) is 24.3 Å². The fourth-order valence-electron chi connectivity index (χ4n) is 2.41. The second-order valence-electron chi connectivity index (χ2n) is 4.85. The van der Waals surface area contributed by atoms with E-state index in [9.17, 15) is 0 Å². The zero-order valence-corrected chi connectivity index (χ0v) is 11.0. The monoisotopic (exact) mass is 252 g/mol. The maximum absolute atomic E-state index is 6.20. The van der Waals surface area contributed by atoms with Gasteiger partial charge in [-0.15, -0.1) is 0 Å². The van der Waals surface area contributed by atoms with Crippen molar-refractivity contribution in [3.05, 3.63) is 34.9 Å². The van der Waals surface area contributed by atoms with Gasteiger partial charge in [-0.25, -0.2) is 0 Å². The Bertz CT molecular complexity index is 348. The lowest BCUT2D eigenvalue weighted by atomic mass is 10.0. The standard InChI is InChI=1S/C14H21ClN2/c15-13-6-4-5-12(11-13)14(16)7-10-17-8-2-1-3-9-17/h4-6,11,14H,1-3,7-10,16H2. The first-order valence-electron chi connectivity index (χ1n) is 6.49. The molecule has 2 rings (SSSR count). The van der Waals surface area contributed by atoms with Crippen molar-refractivity contribution in [2.24, 2.45) is 5.73 Å². The Kier molecular flexibility index (Phi) is 4.84. The Morgan fingerprint density at radius 1 is 1.24 bits per heavy atom. The molecule has 2 N–H and O–H groups in total. The van der Waals surface area contributed by atoms with Crippen LogP contribution in [0.2, 0.25) is 5.02 Å². The molecule has 1 aliphatic heterocycles. The zero-order valence-electron chi connectivity index (χ0n) is 10.2. The number of hydrogen-bond donors (Lipinski definition) is 1. The molecule has 0 radical (unpaired) electrons. The van der Waals surface area contributed by atoms with E-state index in [1.807, 2.05) is 18.2 Å². The van der Waals surface area contributed by atoms with Crippen molar-refractivity contribution in [3.8, 4) is 0 Å². The molecule has 1 aromatic carbocycles. The summed E-state index contributed by atoms with van der Waals surface area (Å²) in [6.45, 7) is 3.58. The Balaban J connectivity index is 1.82. The highest BCUT2D eigenvalue weighted by molar-refractivity contribution is 6.30. The topological polar surface area (TPSA) is 29.3 Å². The maximum atomic E-state index is 6.20. The van der Waals surface area contributed by atoms with Crippen molar-refractivity contribution >= 4 is 11.6 Å². The van der Waals surface area contributed by atoms with Crippen LogP contribution >= 0.6 is 11.6 Å². The van der Waals surface area contributed by atoms with Gasteiger partial charge in [-0.05, 0) is 56.6 Å². The van der Waals surface area contributed by atoms with Gasteiger partial charge < -0.3 is 10.6 Å². The van der Waals surface area contributed by atoms with Crippen LogP contribution in [0.3, 0.4) is 0 Å². The van der Waals surface area contributed by atoms with Crippen LogP contribution in [0.5, 0.6) is 0 Å². The molecule has 1 atom stereocenters.